The molecule has 2 N–H and O–H groups in total. The van der Waals surface area contributed by atoms with Gasteiger partial charge in [-0.15, -0.1) is 0 Å². The summed E-state index contributed by atoms with van der Waals surface area (Å²) < 4.78 is 30.3. The molecule has 16 heavy (non-hydrogen) atoms. The van der Waals surface area contributed by atoms with E-state index in [4.69, 9.17) is 11.6 Å². The van der Waals surface area contributed by atoms with Gasteiger partial charge in [0.1, 0.15) is 5.75 Å². The summed E-state index contributed by atoms with van der Waals surface area (Å²) in [6.45, 7) is 0. The highest BCUT2D eigenvalue weighted by molar-refractivity contribution is 6.32. The molecular formula is C9H7ClF2O4. The average Bonchev–Trinajstić information content (AvgIpc) is 2.25. The first-order chi connectivity index (χ1) is 7.40. The zero-order valence-corrected chi connectivity index (χ0v) is 8.76. The van der Waals surface area contributed by atoms with Crippen LogP contribution in [0.25, 0.3) is 0 Å². The van der Waals surface area contributed by atoms with Gasteiger partial charge in [-0.3, -0.25) is 0 Å². The van der Waals surface area contributed by atoms with Gasteiger partial charge in [0.05, 0.1) is 17.7 Å². The minimum Gasteiger partial charge on any atom is -0.506 e. The lowest BCUT2D eigenvalue weighted by molar-refractivity contribution is -0.151. The Kier molecular flexibility index (Phi) is 3.66. The molecule has 0 spiro atoms. The number of methoxy groups -OCH3 is 1. The molecule has 0 fully saturated rings. The number of ether oxygens (including phenoxy) is 1. The van der Waals surface area contributed by atoms with Gasteiger partial charge in [-0.2, -0.15) is 0 Å². The van der Waals surface area contributed by atoms with E-state index in [9.17, 15) is 23.8 Å². The van der Waals surface area contributed by atoms with Crippen molar-refractivity contribution in [2.45, 2.75) is 6.10 Å². The number of carbonyl (C=O) groups excluding carboxylic acids is 1. The molecule has 1 atom stereocenters. The first-order valence-corrected chi connectivity index (χ1v) is 4.40. The van der Waals surface area contributed by atoms with Crippen LogP contribution in [0.2, 0.25) is 5.02 Å². The Bertz CT molecular complexity index is 410. The molecule has 0 aliphatic rings. The fourth-order valence-corrected chi connectivity index (χ4v) is 1.28. The molecule has 1 unspecified atom stereocenters. The average molecular weight is 253 g/mol. The monoisotopic (exact) mass is 252 g/mol. The normalized spacial score (nSPS) is 12.3. The number of phenolic OH excluding ortho intramolecular Hbond substituents is 1. The van der Waals surface area contributed by atoms with Gasteiger partial charge in [-0.25, -0.2) is 13.6 Å². The quantitative estimate of drug-likeness (QED) is 0.619. The van der Waals surface area contributed by atoms with Crippen molar-refractivity contribution >= 4 is 17.6 Å². The highest BCUT2D eigenvalue weighted by Gasteiger charge is 2.29. The minimum atomic E-state index is -2.14. The molecule has 4 nitrogen and oxygen atoms in total. The van der Waals surface area contributed by atoms with Crippen molar-refractivity contribution in [2.75, 3.05) is 7.11 Å². The highest BCUT2D eigenvalue weighted by Crippen LogP contribution is 2.35. The minimum absolute atomic E-state index is 0.517. The molecule has 1 aromatic carbocycles. The van der Waals surface area contributed by atoms with Crippen molar-refractivity contribution in [2.24, 2.45) is 0 Å². The maximum Gasteiger partial charge on any atom is 0.339 e. The second-order valence-corrected chi connectivity index (χ2v) is 3.25. The number of benzene rings is 1. The number of esters is 1. The van der Waals surface area contributed by atoms with E-state index in [2.05, 4.69) is 4.74 Å². The van der Waals surface area contributed by atoms with E-state index in [1.165, 1.54) is 0 Å². The Hall–Kier alpha value is -1.40. The Labute approximate surface area is 94.0 Å². The Balaban J connectivity index is 3.37. The lowest BCUT2D eigenvalue weighted by Crippen LogP contribution is -2.16. The van der Waals surface area contributed by atoms with Crippen LogP contribution >= 0.6 is 11.6 Å². The number of rotatable bonds is 2. The van der Waals surface area contributed by atoms with Gasteiger partial charge in [0, 0.05) is 0 Å². The zero-order chi connectivity index (χ0) is 12.5. The summed E-state index contributed by atoms with van der Waals surface area (Å²) in [6.07, 6.45) is -2.14. The van der Waals surface area contributed by atoms with Gasteiger partial charge in [0.15, 0.2) is 17.7 Å². The van der Waals surface area contributed by atoms with Crippen LogP contribution in [-0.2, 0) is 9.53 Å². The fraction of sp³-hybridized carbons (Fsp3) is 0.222. The molecule has 0 heterocycles. The second kappa shape index (κ2) is 4.63. The van der Waals surface area contributed by atoms with Gasteiger partial charge in [0.2, 0.25) is 0 Å². The molecule has 0 bridgehead atoms. The van der Waals surface area contributed by atoms with Crippen LogP contribution in [0.4, 0.5) is 8.78 Å². The third-order valence-corrected chi connectivity index (χ3v) is 2.17. The van der Waals surface area contributed by atoms with Crippen LogP contribution in [0.5, 0.6) is 5.75 Å². The first-order valence-electron chi connectivity index (χ1n) is 4.02. The number of aliphatic hydroxyl groups is 1. The van der Waals surface area contributed by atoms with Crippen LogP contribution in [0.3, 0.4) is 0 Å². The van der Waals surface area contributed by atoms with E-state index >= 15 is 0 Å². The summed E-state index contributed by atoms with van der Waals surface area (Å²) in [5.74, 6) is -5.09. The van der Waals surface area contributed by atoms with Gasteiger partial charge in [-0.05, 0) is 6.07 Å². The zero-order valence-electron chi connectivity index (χ0n) is 8.00. The van der Waals surface area contributed by atoms with Gasteiger partial charge in [0.25, 0.3) is 0 Å². The molecule has 0 aliphatic heterocycles. The number of aliphatic hydroxyl groups excluding tert-OH is 1. The van der Waals surface area contributed by atoms with E-state index in [0.29, 0.717) is 6.07 Å². The number of aromatic hydroxyl groups is 1. The predicted octanol–water partition coefficient (Wildman–Crippen LogP) is 1.53. The smallest absolute Gasteiger partial charge is 0.339 e. The van der Waals surface area contributed by atoms with Crippen molar-refractivity contribution in [3.05, 3.63) is 28.3 Å². The molecule has 88 valence electrons. The maximum atomic E-state index is 13.2. The molecule has 1 aromatic rings. The number of hydrogen-bond donors (Lipinski definition) is 2. The number of hydrogen-bond acceptors (Lipinski definition) is 4. The third-order valence-electron chi connectivity index (χ3n) is 1.88. The second-order valence-electron chi connectivity index (χ2n) is 2.84. The van der Waals surface area contributed by atoms with Crippen LogP contribution in [-0.4, -0.2) is 23.3 Å². The predicted molar refractivity (Wildman–Crippen MR) is 50.0 cm³/mol. The summed E-state index contributed by atoms with van der Waals surface area (Å²) >= 11 is 5.36. The Morgan fingerprint density at radius 3 is 2.62 bits per heavy atom. The van der Waals surface area contributed by atoms with Crippen LogP contribution in [0, 0.1) is 11.6 Å². The van der Waals surface area contributed by atoms with E-state index < -0.39 is 40.0 Å². The number of halogens is 3. The van der Waals surface area contributed by atoms with Gasteiger partial charge < -0.3 is 14.9 Å². The first kappa shape index (κ1) is 12.7. The molecule has 0 aromatic heterocycles. The van der Waals surface area contributed by atoms with Crippen LogP contribution in [0.1, 0.15) is 11.7 Å². The van der Waals surface area contributed by atoms with E-state index in [0.717, 1.165) is 7.11 Å². The lowest BCUT2D eigenvalue weighted by Gasteiger charge is -2.12. The summed E-state index contributed by atoms with van der Waals surface area (Å²) in [6, 6.07) is 0.528. The van der Waals surface area contributed by atoms with Crippen molar-refractivity contribution in [3.8, 4) is 5.75 Å². The summed E-state index contributed by atoms with van der Waals surface area (Å²) in [7, 11) is 0.946. The Morgan fingerprint density at radius 2 is 2.12 bits per heavy atom. The molecular weight excluding hydrogens is 246 g/mol. The Morgan fingerprint density at radius 1 is 1.56 bits per heavy atom. The SMILES string of the molecule is COC(=O)C(O)c1c(O)c(Cl)cc(F)c1F. The topological polar surface area (TPSA) is 66.8 Å². The van der Waals surface area contributed by atoms with Crippen molar-refractivity contribution in [1.29, 1.82) is 0 Å². The molecule has 0 saturated carbocycles. The van der Waals surface area contributed by atoms with Gasteiger partial charge >= 0.3 is 5.97 Å². The van der Waals surface area contributed by atoms with Gasteiger partial charge in [-0.1, -0.05) is 11.6 Å². The van der Waals surface area contributed by atoms with Crippen molar-refractivity contribution in [3.63, 3.8) is 0 Å². The fourth-order valence-electron chi connectivity index (χ4n) is 1.08. The molecule has 0 radical (unpaired) electrons. The summed E-state index contributed by atoms with van der Waals surface area (Å²) in [4.78, 5) is 10.9. The largest absolute Gasteiger partial charge is 0.506 e. The highest BCUT2D eigenvalue weighted by atomic mass is 35.5. The molecule has 1 rings (SSSR count). The standard InChI is InChI=1S/C9H7ClF2O4/c1-16-9(15)8(14)5-6(12)4(11)2-3(10)7(5)13/h2,8,13-14H,1H3. The van der Waals surface area contributed by atoms with Crippen LogP contribution < -0.4 is 0 Å². The lowest BCUT2D eigenvalue weighted by atomic mass is 10.1. The molecule has 0 aliphatic carbocycles. The van der Waals surface area contributed by atoms with E-state index in [-0.39, 0.29) is 0 Å². The number of carbonyl (C=O) groups is 1. The number of phenols is 1. The van der Waals surface area contributed by atoms with Crippen molar-refractivity contribution < 1.29 is 28.5 Å². The van der Waals surface area contributed by atoms with E-state index in [1.807, 2.05) is 0 Å². The van der Waals surface area contributed by atoms with E-state index in [1.54, 1.807) is 0 Å². The molecule has 0 saturated heterocycles. The van der Waals surface area contributed by atoms with Crippen LogP contribution in [0.15, 0.2) is 6.07 Å². The van der Waals surface area contributed by atoms with Crippen molar-refractivity contribution in [1.82, 2.24) is 0 Å². The molecule has 0 amide bonds. The molecule has 7 heteroatoms. The maximum absolute atomic E-state index is 13.2. The summed E-state index contributed by atoms with van der Waals surface area (Å²) in [5, 5.41) is 18.1. The summed E-state index contributed by atoms with van der Waals surface area (Å²) in [5.41, 5.74) is -0.947. The third kappa shape index (κ3) is 2.07.